The summed E-state index contributed by atoms with van der Waals surface area (Å²) in [7, 11) is 0. The van der Waals surface area contributed by atoms with Crippen LogP contribution in [0.4, 0.5) is 11.6 Å². The van der Waals surface area contributed by atoms with Crippen molar-refractivity contribution in [1.82, 2.24) is 9.97 Å². The van der Waals surface area contributed by atoms with Gasteiger partial charge in [0.25, 0.3) is 0 Å². The number of hydrogen-bond acceptors (Lipinski definition) is 6. The molecule has 0 saturated heterocycles. The van der Waals surface area contributed by atoms with Crippen LogP contribution in [0.3, 0.4) is 0 Å². The van der Waals surface area contributed by atoms with Crippen LogP contribution in [-0.2, 0) is 6.42 Å². The van der Waals surface area contributed by atoms with Gasteiger partial charge in [0.05, 0.1) is 12.3 Å². The number of anilines is 1. The zero-order valence-corrected chi connectivity index (χ0v) is 12.7. The summed E-state index contributed by atoms with van der Waals surface area (Å²) < 4.78 is 5.94. The van der Waals surface area contributed by atoms with Crippen LogP contribution in [0.5, 0.6) is 5.88 Å². The Labute approximate surface area is 130 Å². The van der Waals surface area contributed by atoms with Crippen LogP contribution in [0.2, 0.25) is 0 Å². The highest BCUT2D eigenvalue weighted by Gasteiger charge is 2.25. The first kappa shape index (κ1) is 14.7. The average molecular weight is 299 g/mol. The van der Waals surface area contributed by atoms with E-state index in [1.54, 1.807) is 0 Å². The lowest BCUT2D eigenvalue weighted by molar-refractivity contribution is 0.200. The van der Waals surface area contributed by atoms with E-state index in [-0.39, 0.29) is 11.4 Å². The molecule has 0 bridgehead atoms. The lowest BCUT2D eigenvalue weighted by atomic mass is 9.83. The van der Waals surface area contributed by atoms with Crippen LogP contribution in [0.15, 0.2) is 28.8 Å². The maximum absolute atomic E-state index is 5.94. The summed E-state index contributed by atoms with van der Waals surface area (Å²) >= 11 is 0. The normalized spacial score (nSPS) is 23.1. The Balaban J connectivity index is 1.75. The van der Waals surface area contributed by atoms with Gasteiger partial charge in [-0.1, -0.05) is 25.2 Å². The summed E-state index contributed by atoms with van der Waals surface area (Å²) in [6, 6.07) is 0. The lowest BCUT2D eigenvalue weighted by Crippen LogP contribution is -2.25. The first-order valence-corrected chi connectivity index (χ1v) is 7.50. The second-order valence-corrected chi connectivity index (χ2v) is 6.00. The fraction of sp³-hybridized carbons (Fsp3) is 0.438. The topological polar surface area (TPSA) is 99.4 Å². The maximum atomic E-state index is 5.94. The van der Waals surface area contributed by atoms with Crippen molar-refractivity contribution in [3.63, 3.8) is 0 Å². The highest BCUT2D eigenvalue weighted by Crippen LogP contribution is 2.35. The summed E-state index contributed by atoms with van der Waals surface area (Å²) in [6.45, 7) is 3.22. The number of nitrogens with two attached hydrogens (primary N) is 2. The molecule has 4 N–H and O–H groups in total. The molecule has 0 aromatic carbocycles. The molecule has 1 atom stereocenters. The second kappa shape index (κ2) is 5.88. The van der Waals surface area contributed by atoms with E-state index in [1.807, 2.05) is 6.21 Å². The molecule has 116 valence electrons. The second-order valence-electron chi connectivity index (χ2n) is 6.00. The van der Waals surface area contributed by atoms with Crippen LogP contribution in [0.1, 0.15) is 25.5 Å². The molecule has 1 aliphatic heterocycles. The van der Waals surface area contributed by atoms with E-state index in [0.717, 1.165) is 30.5 Å². The zero-order chi connectivity index (χ0) is 15.6. The first-order chi connectivity index (χ1) is 10.6. The van der Waals surface area contributed by atoms with Gasteiger partial charge in [-0.2, -0.15) is 4.98 Å². The minimum absolute atomic E-state index is 0.0797. The van der Waals surface area contributed by atoms with Gasteiger partial charge in [0.2, 0.25) is 11.8 Å². The van der Waals surface area contributed by atoms with Crippen LogP contribution < -0.4 is 16.2 Å². The number of aryl methyl sites for hydroxylation is 1. The highest BCUT2D eigenvalue weighted by atomic mass is 16.5. The van der Waals surface area contributed by atoms with E-state index in [0.29, 0.717) is 24.7 Å². The van der Waals surface area contributed by atoms with Gasteiger partial charge < -0.3 is 16.2 Å². The highest BCUT2D eigenvalue weighted by molar-refractivity contribution is 5.70. The van der Waals surface area contributed by atoms with Crippen LogP contribution >= 0.6 is 0 Å². The molecular weight excluding hydrogens is 278 g/mol. The van der Waals surface area contributed by atoms with E-state index < -0.39 is 0 Å². The lowest BCUT2D eigenvalue weighted by Gasteiger charge is -2.28. The number of aliphatic imine (C=N–C) groups is 1. The molecule has 2 aliphatic rings. The van der Waals surface area contributed by atoms with Gasteiger partial charge in [0.1, 0.15) is 5.69 Å². The minimum atomic E-state index is -0.0797. The van der Waals surface area contributed by atoms with Crippen molar-refractivity contribution in [3.05, 3.63) is 29.5 Å². The van der Waals surface area contributed by atoms with Gasteiger partial charge in [-0.25, -0.2) is 4.98 Å². The predicted octanol–water partition coefficient (Wildman–Crippen LogP) is 1.94. The van der Waals surface area contributed by atoms with Gasteiger partial charge in [-0.05, 0) is 24.8 Å². The van der Waals surface area contributed by atoms with Crippen molar-refractivity contribution in [2.75, 3.05) is 18.9 Å². The van der Waals surface area contributed by atoms with E-state index in [1.165, 1.54) is 0 Å². The Kier molecular flexibility index (Phi) is 3.94. The van der Waals surface area contributed by atoms with Gasteiger partial charge in [-0.15, -0.1) is 0 Å². The summed E-state index contributed by atoms with van der Waals surface area (Å²) in [5.41, 5.74) is 14.1. The molecule has 0 fully saturated rings. The zero-order valence-electron chi connectivity index (χ0n) is 12.7. The molecule has 3 rings (SSSR count). The average Bonchev–Trinajstić information content (AvgIpc) is 2.53. The molecule has 0 saturated carbocycles. The number of aromatic nitrogens is 2. The Morgan fingerprint density at radius 2 is 2.23 bits per heavy atom. The molecule has 0 radical (unpaired) electrons. The molecule has 22 heavy (non-hydrogen) atoms. The third-order valence-electron chi connectivity index (χ3n) is 3.98. The third kappa shape index (κ3) is 3.01. The van der Waals surface area contributed by atoms with Gasteiger partial charge >= 0.3 is 0 Å². The number of fused-ring (bicyclic) bond motifs is 1. The summed E-state index contributed by atoms with van der Waals surface area (Å²) in [4.78, 5) is 12.8. The summed E-state index contributed by atoms with van der Waals surface area (Å²) in [6.07, 6.45) is 10.8. The molecule has 1 aromatic heterocycles. The monoisotopic (exact) mass is 299 g/mol. The van der Waals surface area contributed by atoms with Gasteiger partial charge in [-0.3, -0.25) is 4.99 Å². The predicted molar refractivity (Wildman–Crippen MR) is 87.4 cm³/mol. The fourth-order valence-corrected chi connectivity index (χ4v) is 2.56. The van der Waals surface area contributed by atoms with Crippen molar-refractivity contribution in [2.45, 2.75) is 26.2 Å². The summed E-state index contributed by atoms with van der Waals surface area (Å²) in [5.74, 6) is 0.710. The van der Waals surface area contributed by atoms with Crippen LogP contribution in [0, 0.1) is 5.41 Å². The SMILES string of the molecule is CC1(COc2nc(N)nc3c2N=CCC3)C=CC(CN)=CC1. The Morgan fingerprint density at radius 3 is 2.95 bits per heavy atom. The standard InChI is InChI=1S/C16H21N5O/c1-16(6-4-11(9-17)5-7-16)10-22-14-13-12(3-2-8-19-13)20-15(18)21-14/h4-6,8H,2-3,7,9-10,17H2,1H3,(H2,18,20,21). The molecule has 1 aliphatic carbocycles. The van der Waals surface area contributed by atoms with Crippen LogP contribution in [-0.4, -0.2) is 29.3 Å². The maximum Gasteiger partial charge on any atom is 0.245 e. The van der Waals surface area contributed by atoms with Gasteiger partial charge in [0, 0.05) is 18.2 Å². The molecule has 1 unspecified atom stereocenters. The quantitative estimate of drug-likeness (QED) is 0.885. The largest absolute Gasteiger partial charge is 0.475 e. The molecule has 0 amide bonds. The number of hydrogen-bond donors (Lipinski definition) is 2. The number of rotatable bonds is 4. The first-order valence-electron chi connectivity index (χ1n) is 7.50. The van der Waals surface area contributed by atoms with E-state index in [2.05, 4.69) is 40.1 Å². The van der Waals surface area contributed by atoms with Crippen molar-refractivity contribution in [2.24, 2.45) is 16.1 Å². The molecule has 0 spiro atoms. The molecule has 1 aromatic rings. The molecule has 2 heterocycles. The number of nitrogen functional groups attached to an aromatic ring is 1. The van der Waals surface area contributed by atoms with E-state index in [9.17, 15) is 0 Å². The van der Waals surface area contributed by atoms with Crippen LogP contribution in [0.25, 0.3) is 0 Å². The third-order valence-corrected chi connectivity index (χ3v) is 3.98. The van der Waals surface area contributed by atoms with Crippen molar-refractivity contribution >= 4 is 17.9 Å². The van der Waals surface area contributed by atoms with Gasteiger partial charge in [0.15, 0.2) is 0 Å². The van der Waals surface area contributed by atoms with E-state index >= 15 is 0 Å². The fourth-order valence-electron chi connectivity index (χ4n) is 2.56. The minimum Gasteiger partial charge on any atom is -0.475 e. The number of nitrogens with zero attached hydrogens (tertiary/aromatic N) is 3. The summed E-state index contributed by atoms with van der Waals surface area (Å²) in [5, 5.41) is 0. The number of allylic oxidation sites excluding steroid dienone is 1. The Hall–Kier alpha value is -2.21. The molecular formula is C16H21N5O. The Bertz CT molecular complexity index is 665. The van der Waals surface area contributed by atoms with E-state index in [4.69, 9.17) is 16.2 Å². The smallest absolute Gasteiger partial charge is 0.245 e. The van der Waals surface area contributed by atoms with Crippen molar-refractivity contribution in [3.8, 4) is 5.88 Å². The Morgan fingerprint density at radius 1 is 1.36 bits per heavy atom. The van der Waals surface area contributed by atoms with Crippen molar-refractivity contribution in [1.29, 1.82) is 0 Å². The number of ether oxygens (including phenoxy) is 1. The van der Waals surface area contributed by atoms with Crippen molar-refractivity contribution < 1.29 is 4.74 Å². The molecule has 6 heteroatoms. The molecule has 6 nitrogen and oxygen atoms in total.